The lowest BCUT2D eigenvalue weighted by molar-refractivity contribution is -0.123. The van der Waals surface area contributed by atoms with Crippen LogP contribution >= 0.6 is 0 Å². The number of hydrogen-bond donors (Lipinski definition) is 4. The van der Waals surface area contributed by atoms with Crippen molar-refractivity contribution in [1.82, 2.24) is 0 Å². The summed E-state index contributed by atoms with van der Waals surface area (Å²) in [6, 6.07) is 8.82. The fourth-order valence-corrected chi connectivity index (χ4v) is 2.05. The van der Waals surface area contributed by atoms with Gasteiger partial charge in [-0.05, 0) is 64.1 Å². The Bertz CT molecular complexity index is 760. The molecule has 0 aliphatic rings. The lowest BCUT2D eigenvalue weighted by Gasteiger charge is -2.09. The summed E-state index contributed by atoms with van der Waals surface area (Å²) in [5.74, 6) is 0.709. The molecular weight excluding hydrogens is 460 g/mol. The SMILES string of the molecule is CC(O)CO.CCOC(C)OCC.COc1cc(C=O)ccc1O.COc1cc(C=O)ccc1O. The van der Waals surface area contributed by atoms with E-state index in [0.717, 1.165) is 13.2 Å². The number of methoxy groups -OCH3 is 2. The molecule has 0 spiro atoms. The van der Waals surface area contributed by atoms with Crippen molar-refractivity contribution in [2.45, 2.75) is 40.1 Å². The Morgan fingerprint density at radius 1 is 0.800 bits per heavy atom. The van der Waals surface area contributed by atoms with Crippen LogP contribution in [-0.2, 0) is 9.47 Å². The highest BCUT2D eigenvalue weighted by atomic mass is 16.7. The van der Waals surface area contributed by atoms with Gasteiger partial charge in [0, 0.05) is 24.3 Å². The monoisotopic (exact) mass is 498 g/mol. The number of ether oxygens (including phenoxy) is 4. The lowest BCUT2D eigenvalue weighted by atomic mass is 10.2. The molecule has 2 rings (SSSR count). The number of aromatic hydroxyl groups is 2. The summed E-state index contributed by atoms with van der Waals surface area (Å²) in [5, 5.41) is 34.2. The second-order valence-electron chi connectivity index (χ2n) is 6.61. The number of phenolic OH excluding ortho intramolecular Hbond substituents is 2. The molecule has 35 heavy (non-hydrogen) atoms. The molecule has 4 N–H and O–H groups in total. The minimum Gasteiger partial charge on any atom is -0.504 e. The highest BCUT2D eigenvalue weighted by Gasteiger charge is 2.01. The quantitative estimate of drug-likeness (QED) is 0.299. The Morgan fingerprint density at radius 3 is 1.37 bits per heavy atom. The van der Waals surface area contributed by atoms with Gasteiger partial charge in [-0.1, -0.05) is 0 Å². The molecule has 198 valence electrons. The maximum Gasteiger partial charge on any atom is 0.161 e. The average Bonchev–Trinajstić information content (AvgIpc) is 2.86. The van der Waals surface area contributed by atoms with Gasteiger partial charge in [0.05, 0.1) is 26.9 Å². The van der Waals surface area contributed by atoms with Gasteiger partial charge in [0.1, 0.15) is 12.6 Å². The standard InChI is InChI=1S/2C8H8O3.C6H14O2.C3H8O2/c2*1-11-8-4-6(5-9)2-3-7(8)10;1-4-7-6(3)8-5-2;1-3(5)2-4/h2*2-5,10H,1H3;6H,4-5H2,1-3H3;3-5H,2H2,1H3. The van der Waals surface area contributed by atoms with Crippen LogP contribution in [0.5, 0.6) is 23.0 Å². The highest BCUT2D eigenvalue weighted by Crippen LogP contribution is 2.26. The molecule has 0 fully saturated rings. The Kier molecular flexibility index (Phi) is 20.7. The van der Waals surface area contributed by atoms with Crippen LogP contribution < -0.4 is 9.47 Å². The van der Waals surface area contributed by atoms with Crippen molar-refractivity contribution in [1.29, 1.82) is 0 Å². The zero-order valence-electron chi connectivity index (χ0n) is 21.1. The van der Waals surface area contributed by atoms with Gasteiger partial charge in [0.15, 0.2) is 29.3 Å². The minimum atomic E-state index is -0.560. The van der Waals surface area contributed by atoms with Crippen LogP contribution in [0.25, 0.3) is 0 Å². The summed E-state index contributed by atoms with van der Waals surface area (Å²) in [6.45, 7) is 8.64. The molecule has 0 heterocycles. The number of hydrogen-bond acceptors (Lipinski definition) is 10. The first kappa shape index (κ1) is 34.0. The molecule has 0 saturated carbocycles. The van der Waals surface area contributed by atoms with E-state index in [2.05, 4.69) is 0 Å². The molecule has 10 heteroatoms. The molecular formula is C25H38O10. The van der Waals surface area contributed by atoms with Crippen molar-refractivity contribution in [3.63, 3.8) is 0 Å². The number of aliphatic hydroxyl groups is 2. The van der Waals surface area contributed by atoms with Gasteiger partial charge < -0.3 is 39.4 Å². The van der Waals surface area contributed by atoms with E-state index in [9.17, 15) is 9.59 Å². The van der Waals surface area contributed by atoms with Crippen LogP contribution in [0.15, 0.2) is 36.4 Å². The van der Waals surface area contributed by atoms with Gasteiger partial charge in [-0.2, -0.15) is 0 Å². The van der Waals surface area contributed by atoms with Crippen molar-refractivity contribution >= 4 is 12.6 Å². The maximum atomic E-state index is 10.2. The molecule has 0 bridgehead atoms. The fourth-order valence-electron chi connectivity index (χ4n) is 2.05. The Morgan fingerprint density at radius 2 is 1.14 bits per heavy atom. The molecule has 2 aromatic rings. The van der Waals surface area contributed by atoms with Gasteiger partial charge in [0.2, 0.25) is 0 Å². The Balaban J connectivity index is 0. The topological polar surface area (TPSA) is 152 Å². The van der Waals surface area contributed by atoms with Crippen LogP contribution in [0.4, 0.5) is 0 Å². The first-order chi connectivity index (χ1) is 16.6. The first-order valence-electron chi connectivity index (χ1n) is 10.8. The number of carbonyl (C=O) groups excluding carboxylic acids is 2. The number of benzene rings is 2. The van der Waals surface area contributed by atoms with E-state index >= 15 is 0 Å². The van der Waals surface area contributed by atoms with E-state index in [1.807, 2.05) is 20.8 Å². The second-order valence-corrected chi connectivity index (χ2v) is 6.61. The van der Waals surface area contributed by atoms with Crippen molar-refractivity contribution in [2.75, 3.05) is 34.0 Å². The maximum absolute atomic E-state index is 10.2. The van der Waals surface area contributed by atoms with E-state index in [1.165, 1.54) is 57.5 Å². The van der Waals surface area contributed by atoms with Crippen LogP contribution in [0.3, 0.4) is 0 Å². The molecule has 1 unspecified atom stereocenters. The number of aliphatic hydroxyl groups excluding tert-OH is 2. The zero-order valence-corrected chi connectivity index (χ0v) is 21.1. The predicted molar refractivity (Wildman–Crippen MR) is 132 cm³/mol. The smallest absolute Gasteiger partial charge is 0.161 e. The molecule has 0 radical (unpaired) electrons. The fraction of sp³-hybridized carbons (Fsp3) is 0.440. The summed E-state index contributed by atoms with van der Waals surface area (Å²) in [7, 11) is 2.87. The summed E-state index contributed by atoms with van der Waals surface area (Å²) < 4.78 is 19.7. The number of phenols is 2. The Hall–Kier alpha value is -3.18. The van der Waals surface area contributed by atoms with Crippen LogP contribution in [-0.4, -0.2) is 79.4 Å². The molecule has 10 nitrogen and oxygen atoms in total. The van der Waals surface area contributed by atoms with Crippen LogP contribution in [0.2, 0.25) is 0 Å². The van der Waals surface area contributed by atoms with E-state index in [4.69, 9.17) is 39.4 Å². The van der Waals surface area contributed by atoms with Crippen molar-refractivity contribution in [3.05, 3.63) is 47.5 Å². The van der Waals surface area contributed by atoms with Gasteiger partial charge in [-0.3, -0.25) is 9.59 Å². The third-order valence-electron chi connectivity index (χ3n) is 3.75. The predicted octanol–water partition coefficient (Wildman–Crippen LogP) is 3.19. The zero-order chi connectivity index (χ0) is 27.2. The summed E-state index contributed by atoms with van der Waals surface area (Å²) in [4.78, 5) is 20.5. The van der Waals surface area contributed by atoms with Gasteiger partial charge in [0.25, 0.3) is 0 Å². The molecule has 0 amide bonds. The molecule has 2 aromatic carbocycles. The molecule has 1 atom stereocenters. The first-order valence-corrected chi connectivity index (χ1v) is 10.8. The van der Waals surface area contributed by atoms with Crippen molar-refractivity contribution < 1.29 is 49.0 Å². The molecule has 0 aliphatic carbocycles. The van der Waals surface area contributed by atoms with Gasteiger partial charge in [-0.25, -0.2) is 0 Å². The number of rotatable bonds is 9. The number of carbonyl (C=O) groups is 2. The van der Waals surface area contributed by atoms with E-state index < -0.39 is 6.10 Å². The Labute approximate surface area is 206 Å². The highest BCUT2D eigenvalue weighted by molar-refractivity contribution is 5.76. The summed E-state index contributed by atoms with van der Waals surface area (Å²) >= 11 is 0. The number of aldehydes is 2. The van der Waals surface area contributed by atoms with E-state index in [1.54, 1.807) is 0 Å². The summed E-state index contributed by atoms with van der Waals surface area (Å²) in [5.41, 5.74) is 0.972. The van der Waals surface area contributed by atoms with Crippen LogP contribution in [0.1, 0.15) is 48.4 Å². The average molecular weight is 499 g/mol. The van der Waals surface area contributed by atoms with Gasteiger partial charge >= 0.3 is 0 Å². The molecule has 0 aromatic heterocycles. The second kappa shape index (κ2) is 21.4. The summed E-state index contributed by atoms with van der Waals surface area (Å²) in [6.07, 6.45) is 0.796. The normalized spacial score (nSPS) is 10.3. The minimum absolute atomic E-state index is 0.0370. The third kappa shape index (κ3) is 17.0. The van der Waals surface area contributed by atoms with Crippen LogP contribution in [0, 0.1) is 0 Å². The molecule has 0 saturated heterocycles. The van der Waals surface area contributed by atoms with Gasteiger partial charge in [-0.15, -0.1) is 0 Å². The van der Waals surface area contributed by atoms with E-state index in [0.29, 0.717) is 35.2 Å². The lowest BCUT2D eigenvalue weighted by Crippen LogP contribution is -2.11. The third-order valence-corrected chi connectivity index (χ3v) is 3.75. The largest absolute Gasteiger partial charge is 0.504 e. The van der Waals surface area contributed by atoms with E-state index in [-0.39, 0.29) is 24.4 Å². The van der Waals surface area contributed by atoms with Crippen molar-refractivity contribution in [3.8, 4) is 23.0 Å². The van der Waals surface area contributed by atoms with Crippen molar-refractivity contribution in [2.24, 2.45) is 0 Å². The molecule has 0 aliphatic heterocycles.